The summed E-state index contributed by atoms with van der Waals surface area (Å²) in [5.41, 5.74) is 0.172. The molecule has 0 aromatic carbocycles. The van der Waals surface area contributed by atoms with Gasteiger partial charge in [-0.2, -0.15) is 15.0 Å². The van der Waals surface area contributed by atoms with Gasteiger partial charge in [0.2, 0.25) is 11.9 Å². The lowest BCUT2D eigenvalue weighted by molar-refractivity contribution is 0.376. The lowest BCUT2D eigenvalue weighted by Gasteiger charge is -2.26. The van der Waals surface area contributed by atoms with Crippen LogP contribution >= 0.6 is 0 Å². The third-order valence-corrected chi connectivity index (χ3v) is 2.37. The Bertz CT molecular complexity index is 403. The van der Waals surface area contributed by atoms with Gasteiger partial charge in [-0.05, 0) is 11.8 Å². The minimum Gasteiger partial charge on any atom is -0.467 e. The third kappa shape index (κ3) is 5.28. The van der Waals surface area contributed by atoms with Crippen LogP contribution in [0.2, 0.25) is 0 Å². The molecule has 1 N–H and O–H groups in total. The van der Waals surface area contributed by atoms with Crippen molar-refractivity contribution in [2.75, 3.05) is 37.5 Å². The molecule has 0 bridgehead atoms. The SMILES string of the molecule is CCCNc1nc(OC)nc(N(C)CC(C)(C)C)n1. The van der Waals surface area contributed by atoms with Crippen molar-refractivity contribution >= 4 is 11.9 Å². The molecular formula is C13H25N5O. The Morgan fingerprint density at radius 3 is 2.42 bits per heavy atom. The monoisotopic (exact) mass is 267 g/mol. The molecule has 0 radical (unpaired) electrons. The Kier molecular flexibility index (Phi) is 5.32. The highest BCUT2D eigenvalue weighted by atomic mass is 16.5. The van der Waals surface area contributed by atoms with Gasteiger partial charge in [0.15, 0.2) is 0 Å². The van der Waals surface area contributed by atoms with E-state index in [1.54, 1.807) is 7.11 Å². The Hall–Kier alpha value is -1.59. The lowest BCUT2D eigenvalue weighted by atomic mass is 9.96. The highest BCUT2D eigenvalue weighted by Gasteiger charge is 2.17. The molecule has 1 rings (SSSR count). The number of nitrogens with one attached hydrogen (secondary N) is 1. The lowest BCUT2D eigenvalue weighted by Crippen LogP contribution is -2.30. The minimum atomic E-state index is 0.172. The zero-order chi connectivity index (χ0) is 14.5. The zero-order valence-electron chi connectivity index (χ0n) is 12.8. The molecule has 0 spiro atoms. The molecule has 1 aromatic heterocycles. The molecule has 0 saturated carbocycles. The largest absolute Gasteiger partial charge is 0.467 e. The Morgan fingerprint density at radius 1 is 1.21 bits per heavy atom. The van der Waals surface area contributed by atoms with Gasteiger partial charge in [0.05, 0.1) is 7.11 Å². The van der Waals surface area contributed by atoms with E-state index in [9.17, 15) is 0 Å². The number of hydrogen-bond acceptors (Lipinski definition) is 6. The number of ether oxygens (including phenoxy) is 1. The van der Waals surface area contributed by atoms with E-state index < -0.39 is 0 Å². The molecule has 19 heavy (non-hydrogen) atoms. The van der Waals surface area contributed by atoms with E-state index in [0.717, 1.165) is 19.5 Å². The molecule has 0 fully saturated rings. The number of hydrogen-bond donors (Lipinski definition) is 1. The first-order valence-corrected chi connectivity index (χ1v) is 6.61. The zero-order valence-corrected chi connectivity index (χ0v) is 12.8. The van der Waals surface area contributed by atoms with Crippen LogP contribution in [0.4, 0.5) is 11.9 Å². The summed E-state index contributed by atoms with van der Waals surface area (Å²) in [6.07, 6.45) is 1.02. The highest BCUT2D eigenvalue weighted by molar-refractivity contribution is 5.37. The summed E-state index contributed by atoms with van der Waals surface area (Å²) in [5.74, 6) is 1.19. The van der Waals surface area contributed by atoms with Crippen molar-refractivity contribution in [1.29, 1.82) is 0 Å². The molecule has 1 heterocycles. The van der Waals surface area contributed by atoms with E-state index in [-0.39, 0.29) is 5.41 Å². The van der Waals surface area contributed by atoms with Crippen LogP contribution in [-0.4, -0.2) is 42.2 Å². The Labute approximate surface area is 115 Å². The van der Waals surface area contributed by atoms with E-state index in [1.807, 2.05) is 11.9 Å². The molecule has 0 aliphatic carbocycles. The molecular weight excluding hydrogens is 242 g/mol. The molecule has 6 nitrogen and oxygen atoms in total. The standard InChI is InChI=1S/C13H25N5O/c1-7-8-14-10-15-11(17-12(16-10)19-6)18(5)9-13(2,3)4/h7-9H2,1-6H3,(H,14,15,16,17). The normalized spacial score (nSPS) is 11.3. The maximum absolute atomic E-state index is 5.13. The summed E-state index contributed by atoms with van der Waals surface area (Å²) in [4.78, 5) is 14.9. The smallest absolute Gasteiger partial charge is 0.322 e. The molecule has 1 aromatic rings. The molecule has 0 aliphatic heterocycles. The van der Waals surface area contributed by atoms with Gasteiger partial charge >= 0.3 is 6.01 Å². The maximum atomic E-state index is 5.13. The molecule has 0 saturated heterocycles. The van der Waals surface area contributed by atoms with Crippen LogP contribution in [0.3, 0.4) is 0 Å². The topological polar surface area (TPSA) is 63.2 Å². The van der Waals surface area contributed by atoms with Crippen molar-refractivity contribution in [3.05, 3.63) is 0 Å². The number of methoxy groups -OCH3 is 1. The number of anilines is 2. The van der Waals surface area contributed by atoms with Gasteiger partial charge in [-0.15, -0.1) is 0 Å². The molecule has 108 valence electrons. The van der Waals surface area contributed by atoms with Crippen molar-refractivity contribution in [3.63, 3.8) is 0 Å². The number of rotatable bonds is 6. The van der Waals surface area contributed by atoms with Gasteiger partial charge in [-0.3, -0.25) is 0 Å². The fourth-order valence-corrected chi connectivity index (χ4v) is 1.71. The molecule has 6 heteroatoms. The predicted molar refractivity (Wildman–Crippen MR) is 77.9 cm³/mol. The molecule has 0 unspecified atom stereocenters. The minimum absolute atomic E-state index is 0.172. The average molecular weight is 267 g/mol. The quantitative estimate of drug-likeness (QED) is 0.852. The van der Waals surface area contributed by atoms with Crippen LogP contribution in [0.15, 0.2) is 0 Å². The second-order valence-electron chi connectivity index (χ2n) is 5.79. The maximum Gasteiger partial charge on any atom is 0.322 e. The van der Waals surface area contributed by atoms with Gasteiger partial charge in [0.25, 0.3) is 0 Å². The third-order valence-electron chi connectivity index (χ3n) is 2.37. The molecule has 0 aliphatic rings. The van der Waals surface area contributed by atoms with Crippen LogP contribution in [0.1, 0.15) is 34.1 Å². The fourth-order valence-electron chi connectivity index (χ4n) is 1.71. The average Bonchev–Trinajstić information content (AvgIpc) is 2.33. The van der Waals surface area contributed by atoms with Crippen molar-refractivity contribution in [3.8, 4) is 6.01 Å². The summed E-state index contributed by atoms with van der Waals surface area (Å²) in [6, 6.07) is 0.337. The van der Waals surface area contributed by atoms with E-state index >= 15 is 0 Å². The van der Waals surface area contributed by atoms with Crippen molar-refractivity contribution in [2.45, 2.75) is 34.1 Å². The summed E-state index contributed by atoms with van der Waals surface area (Å²) >= 11 is 0. The molecule has 0 amide bonds. The summed E-state index contributed by atoms with van der Waals surface area (Å²) < 4.78 is 5.13. The Morgan fingerprint density at radius 2 is 1.89 bits per heavy atom. The van der Waals surface area contributed by atoms with E-state index in [0.29, 0.717) is 17.9 Å². The van der Waals surface area contributed by atoms with Crippen LogP contribution < -0.4 is 15.0 Å². The number of aromatic nitrogens is 3. The van der Waals surface area contributed by atoms with Gasteiger partial charge in [0.1, 0.15) is 0 Å². The second-order valence-corrected chi connectivity index (χ2v) is 5.79. The van der Waals surface area contributed by atoms with Gasteiger partial charge in [-0.1, -0.05) is 27.7 Å². The van der Waals surface area contributed by atoms with Crippen molar-refractivity contribution < 1.29 is 4.74 Å². The summed E-state index contributed by atoms with van der Waals surface area (Å²) in [7, 11) is 3.54. The van der Waals surface area contributed by atoms with Crippen LogP contribution in [0, 0.1) is 5.41 Å². The van der Waals surface area contributed by atoms with E-state index in [2.05, 4.69) is 48.0 Å². The van der Waals surface area contributed by atoms with Crippen LogP contribution in [-0.2, 0) is 0 Å². The Balaban J connectivity index is 2.92. The summed E-state index contributed by atoms with van der Waals surface area (Å²) in [5, 5.41) is 3.16. The first kappa shape index (κ1) is 15.5. The first-order chi connectivity index (χ1) is 8.85. The van der Waals surface area contributed by atoms with Crippen molar-refractivity contribution in [2.24, 2.45) is 5.41 Å². The molecule has 0 atom stereocenters. The predicted octanol–water partition coefficient (Wildman–Crippen LogP) is 2.18. The first-order valence-electron chi connectivity index (χ1n) is 6.61. The van der Waals surface area contributed by atoms with Gasteiger partial charge in [-0.25, -0.2) is 0 Å². The van der Waals surface area contributed by atoms with Gasteiger partial charge in [0, 0.05) is 20.1 Å². The highest BCUT2D eigenvalue weighted by Crippen LogP contribution is 2.19. The fraction of sp³-hybridized carbons (Fsp3) is 0.769. The van der Waals surface area contributed by atoms with E-state index in [1.165, 1.54) is 0 Å². The van der Waals surface area contributed by atoms with Crippen molar-refractivity contribution in [1.82, 2.24) is 15.0 Å². The summed E-state index contributed by atoms with van der Waals surface area (Å²) in [6.45, 7) is 10.3. The van der Waals surface area contributed by atoms with Crippen LogP contribution in [0.25, 0.3) is 0 Å². The van der Waals surface area contributed by atoms with E-state index in [4.69, 9.17) is 4.74 Å². The van der Waals surface area contributed by atoms with Crippen LogP contribution in [0.5, 0.6) is 6.01 Å². The van der Waals surface area contributed by atoms with Gasteiger partial charge < -0.3 is 15.0 Å². The second kappa shape index (κ2) is 6.54. The number of nitrogens with zero attached hydrogens (tertiary/aromatic N) is 4.